The van der Waals surface area contributed by atoms with Crippen molar-refractivity contribution in [2.45, 2.75) is 6.92 Å². The summed E-state index contributed by atoms with van der Waals surface area (Å²) in [6.07, 6.45) is 0. The van der Waals surface area contributed by atoms with Crippen LogP contribution in [0.25, 0.3) is 10.8 Å². The molecule has 1 saturated heterocycles. The van der Waals surface area contributed by atoms with Gasteiger partial charge in [-0.3, -0.25) is 0 Å². The first-order valence-electron chi connectivity index (χ1n) is 6.43. The predicted molar refractivity (Wildman–Crippen MR) is 74.2 cm³/mol. The summed E-state index contributed by atoms with van der Waals surface area (Å²) in [5.41, 5.74) is 1.27. The van der Waals surface area contributed by atoms with Gasteiger partial charge in [0.15, 0.2) is 6.79 Å². The van der Waals surface area contributed by atoms with E-state index in [0.29, 0.717) is 6.61 Å². The molecule has 1 fully saturated rings. The molecule has 1 aliphatic rings. The van der Waals surface area contributed by atoms with E-state index in [1.807, 2.05) is 12.1 Å². The van der Waals surface area contributed by atoms with Gasteiger partial charge in [0, 0.05) is 21.1 Å². The summed E-state index contributed by atoms with van der Waals surface area (Å²) >= 11 is 0. The predicted octanol–water partition coefficient (Wildman–Crippen LogP) is 3.10. The Morgan fingerprint density at radius 3 is 2.60 bits per heavy atom. The van der Waals surface area contributed by atoms with Crippen LogP contribution < -0.4 is 4.74 Å². The third-order valence-electron chi connectivity index (χ3n) is 3.19. The van der Waals surface area contributed by atoms with Crippen molar-refractivity contribution < 1.29 is 35.3 Å². The van der Waals surface area contributed by atoms with Crippen LogP contribution in [0, 0.1) is 12.8 Å². The fourth-order valence-corrected chi connectivity index (χ4v) is 2.06. The van der Waals surface area contributed by atoms with Crippen LogP contribution in [0.3, 0.4) is 0 Å². The van der Waals surface area contributed by atoms with Gasteiger partial charge in [0.2, 0.25) is 0 Å². The van der Waals surface area contributed by atoms with Crippen LogP contribution in [0.4, 0.5) is 0 Å². The van der Waals surface area contributed by atoms with Crippen LogP contribution in [0.15, 0.2) is 36.4 Å². The van der Waals surface area contributed by atoms with Gasteiger partial charge in [0.05, 0.1) is 0 Å². The van der Waals surface area contributed by atoms with Gasteiger partial charge in [-0.2, -0.15) is 0 Å². The van der Waals surface area contributed by atoms with E-state index in [9.17, 15) is 0 Å². The molecule has 4 heteroatoms. The molecule has 3 rings (SSSR count). The van der Waals surface area contributed by atoms with Crippen molar-refractivity contribution in [3.8, 4) is 5.75 Å². The van der Waals surface area contributed by atoms with Gasteiger partial charge < -0.3 is 14.2 Å². The Hall–Kier alpha value is -0.892. The Labute approximate surface area is 133 Å². The molecule has 0 aromatic heterocycles. The van der Waals surface area contributed by atoms with E-state index in [0.717, 1.165) is 19.0 Å². The number of rotatable bonds is 5. The number of hydrogen-bond acceptors (Lipinski definition) is 3. The summed E-state index contributed by atoms with van der Waals surface area (Å²) in [5.74, 6) is 2.13. The van der Waals surface area contributed by atoms with Crippen molar-refractivity contribution in [3.05, 3.63) is 47.9 Å². The summed E-state index contributed by atoms with van der Waals surface area (Å²) in [6.45, 7) is 4.47. The Kier molecular flexibility index (Phi) is 5.59. The molecule has 20 heavy (non-hydrogen) atoms. The van der Waals surface area contributed by atoms with E-state index < -0.39 is 0 Å². The topological polar surface area (TPSA) is 27.7 Å². The fourth-order valence-electron chi connectivity index (χ4n) is 2.06. The number of aryl methyl sites for hydroxylation is 1. The second kappa shape index (κ2) is 7.21. The monoisotopic (exact) mass is 441 g/mol. The van der Waals surface area contributed by atoms with E-state index >= 15 is 0 Å². The molecule has 2 aromatic carbocycles. The van der Waals surface area contributed by atoms with Gasteiger partial charge in [-0.1, -0.05) is 49.6 Å². The van der Waals surface area contributed by atoms with Crippen LogP contribution in [0.5, 0.6) is 5.75 Å². The third-order valence-corrected chi connectivity index (χ3v) is 3.19. The summed E-state index contributed by atoms with van der Waals surface area (Å²) < 4.78 is 16.1. The van der Waals surface area contributed by atoms with E-state index in [2.05, 4.69) is 31.2 Å². The first-order chi connectivity index (χ1) is 9.31. The van der Waals surface area contributed by atoms with Gasteiger partial charge in [0.1, 0.15) is 5.75 Å². The van der Waals surface area contributed by atoms with Crippen molar-refractivity contribution in [1.82, 2.24) is 0 Å². The van der Waals surface area contributed by atoms with Gasteiger partial charge in [0.25, 0.3) is 0 Å². The molecule has 0 saturated carbocycles. The second-order valence-corrected chi connectivity index (χ2v) is 4.87. The van der Waals surface area contributed by atoms with Gasteiger partial charge in [-0.15, -0.1) is 0 Å². The van der Waals surface area contributed by atoms with E-state index in [1.54, 1.807) is 0 Å². The fraction of sp³-hybridized carbons (Fsp3) is 0.312. The van der Waals surface area contributed by atoms with Crippen molar-refractivity contribution in [1.29, 1.82) is 0 Å². The smallest absolute Gasteiger partial charge is 0.186 e. The maximum atomic E-state index is 5.59. The zero-order chi connectivity index (χ0) is 13.1. The molecule has 0 unspecified atom stereocenters. The molecule has 2 aromatic rings. The van der Waals surface area contributed by atoms with Crippen molar-refractivity contribution in [2.75, 3.05) is 26.6 Å². The van der Waals surface area contributed by atoms with Gasteiger partial charge in [-0.25, -0.2) is 5.92 Å². The number of fused-ring (bicyclic) bond motifs is 1. The first-order valence-corrected chi connectivity index (χ1v) is 6.43. The molecule has 0 bridgehead atoms. The van der Waals surface area contributed by atoms with Crippen LogP contribution in [0.1, 0.15) is 5.56 Å². The average molecular weight is 441 g/mol. The Balaban J connectivity index is 0.00000147. The van der Waals surface area contributed by atoms with Crippen molar-refractivity contribution in [2.24, 2.45) is 0 Å². The SMILES string of the molecule is Cc1ccc2cc(OCOC[C-]3COC3)ccc2c1.[W]. The van der Waals surface area contributed by atoms with Crippen molar-refractivity contribution >= 4 is 10.8 Å². The summed E-state index contributed by atoms with van der Waals surface area (Å²) in [5, 5.41) is 2.42. The van der Waals surface area contributed by atoms with E-state index in [1.165, 1.54) is 22.3 Å². The van der Waals surface area contributed by atoms with Crippen LogP contribution in [0.2, 0.25) is 0 Å². The molecule has 0 N–H and O–H groups in total. The summed E-state index contributed by atoms with van der Waals surface area (Å²) in [4.78, 5) is 0. The molecule has 0 aliphatic carbocycles. The molecule has 0 atom stereocenters. The summed E-state index contributed by atoms with van der Waals surface area (Å²) in [7, 11) is 0. The Morgan fingerprint density at radius 2 is 1.85 bits per heavy atom. The average Bonchev–Trinajstić information content (AvgIpc) is 2.36. The van der Waals surface area contributed by atoms with E-state index in [4.69, 9.17) is 14.2 Å². The number of benzene rings is 2. The largest absolute Gasteiger partial charge is 0.468 e. The molecular weight excluding hydrogens is 424 g/mol. The number of hydrogen-bond donors (Lipinski definition) is 0. The normalized spacial score (nSPS) is 14.7. The maximum Gasteiger partial charge on any atom is 0.186 e. The van der Waals surface area contributed by atoms with Crippen LogP contribution in [-0.4, -0.2) is 26.6 Å². The third kappa shape index (κ3) is 3.82. The molecule has 3 nitrogen and oxygen atoms in total. The standard InChI is InChI=1S/C16H17O3.W/c1-12-2-3-15-7-16(5-4-14(15)6-12)19-11-18-10-13-8-17-9-13;/h2-7H,8-11H2,1H3;/q-1;. The molecule has 0 spiro atoms. The Bertz CT molecular complexity index is 567. The number of ether oxygens (including phenoxy) is 3. The maximum absolute atomic E-state index is 5.59. The van der Waals surface area contributed by atoms with E-state index in [-0.39, 0.29) is 27.9 Å². The molecule has 106 valence electrons. The van der Waals surface area contributed by atoms with Crippen molar-refractivity contribution in [3.63, 3.8) is 0 Å². The van der Waals surface area contributed by atoms with Crippen LogP contribution in [-0.2, 0) is 30.5 Å². The zero-order valence-electron chi connectivity index (χ0n) is 11.4. The van der Waals surface area contributed by atoms with Gasteiger partial charge in [-0.05, 0) is 29.8 Å². The molecular formula is C16H17O3W-. The molecule has 0 radical (unpaired) electrons. The van der Waals surface area contributed by atoms with Crippen LogP contribution >= 0.6 is 0 Å². The quantitative estimate of drug-likeness (QED) is 0.406. The minimum atomic E-state index is 0. The molecule has 0 amide bonds. The molecule has 1 aliphatic heterocycles. The zero-order valence-corrected chi connectivity index (χ0v) is 14.4. The second-order valence-electron chi connectivity index (χ2n) is 4.87. The minimum Gasteiger partial charge on any atom is -0.468 e. The first kappa shape index (κ1) is 15.5. The Morgan fingerprint density at radius 1 is 1.10 bits per heavy atom. The van der Waals surface area contributed by atoms with Gasteiger partial charge >= 0.3 is 0 Å². The minimum absolute atomic E-state index is 0. The summed E-state index contributed by atoms with van der Waals surface area (Å²) in [6, 6.07) is 12.5. The molecule has 1 heterocycles.